The van der Waals surface area contributed by atoms with Crippen LogP contribution in [-0.4, -0.2) is 18.2 Å². The molecule has 0 saturated carbocycles. The molecule has 0 saturated heterocycles. The largest absolute Gasteiger partial charge is 0.490 e. The van der Waals surface area contributed by atoms with Crippen LogP contribution in [0.3, 0.4) is 0 Å². The van der Waals surface area contributed by atoms with Crippen molar-refractivity contribution in [1.29, 1.82) is 0 Å². The Morgan fingerprint density at radius 2 is 1.81 bits per heavy atom. The summed E-state index contributed by atoms with van der Waals surface area (Å²) in [6.45, 7) is 0.518. The van der Waals surface area contributed by atoms with E-state index in [0.717, 1.165) is 11.1 Å². The Kier molecular flexibility index (Phi) is 6.54. The third-order valence-electron chi connectivity index (χ3n) is 3.36. The van der Waals surface area contributed by atoms with E-state index in [-0.39, 0.29) is 11.1 Å². The number of benzene rings is 2. The molecular weight excluding hydrogens is 420 g/mol. The predicted molar refractivity (Wildman–Crippen MR) is 105 cm³/mol. The van der Waals surface area contributed by atoms with Crippen LogP contribution in [-0.2, 0) is 6.42 Å². The Bertz CT molecular complexity index is 879. The van der Waals surface area contributed by atoms with Gasteiger partial charge in [-0.3, -0.25) is 0 Å². The summed E-state index contributed by atoms with van der Waals surface area (Å²) in [5, 5.41) is 0.678. The molecule has 0 fully saturated rings. The van der Waals surface area contributed by atoms with E-state index >= 15 is 0 Å². The molecular formula is C18H13Cl4NO3. The Morgan fingerprint density at radius 3 is 2.50 bits per heavy atom. The van der Waals surface area contributed by atoms with Crippen LogP contribution < -0.4 is 9.47 Å². The molecule has 8 heteroatoms. The van der Waals surface area contributed by atoms with Crippen molar-refractivity contribution < 1.29 is 13.9 Å². The van der Waals surface area contributed by atoms with Crippen LogP contribution in [0.5, 0.6) is 11.5 Å². The minimum Gasteiger partial charge on any atom is -0.490 e. The zero-order chi connectivity index (χ0) is 18.5. The standard InChI is InChI=1S/C18H13Cl4NO3/c19-12-9-11(24-7-5-16(21)22)10-13(20)18(12)25-8-6-17-23-14-3-1-2-4-15(14)26-17/h1-5,9-10H,6-8H2. The number of rotatable bonds is 7. The first-order valence-electron chi connectivity index (χ1n) is 7.63. The van der Waals surface area contributed by atoms with Gasteiger partial charge >= 0.3 is 0 Å². The van der Waals surface area contributed by atoms with Gasteiger partial charge in [0.1, 0.15) is 22.4 Å². The van der Waals surface area contributed by atoms with Gasteiger partial charge in [0.15, 0.2) is 17.2 Å². The molecule has 26 heavy (non-hydrogen) atoms. The highest BCUT2D eigenvalue weighted by Crippen LogP contribution is 2.37. The van der Waals surface area contributed by atoms with Crippen molar-refractivity contribution >= 4 is 57.5 Å². The van der Waals surface area contributed by atoms with Crippen molar-refractivity contribution in [3.63, 3.8) is 0 Å². The topological polar surface area (TPSA) is 44.5 Å². The van der Waals surface area contributed by atoms with Gasteiger partial charge in [0, 0.05) is 12.1 Å². The molecule has 0 aliphatic carbocycles. The van der Waals surface area contributed by atoms with Crippen molar-refractivity contribution in [2.45, 2.75) is 6.42 Å². The predicted octanol–water partition coefficient (Wildman–Crippen LogP) is 6.45. The average Bonchev–Trinajstić information content (AvgIpc) is 2.99. The lowest BCUT2D eigenvalue weighted by Gasteiger charge is -2.11. The van der Waals surface area contributed by atoms with Crippen LogP contribution in [0, 0.1) is 0 Å². The summed E-state index contributed by atoms with van der Waals surface area (Å²) < 4.78 is 16.9. The minimum atomic E-state index is 0.126. The highest BCUT2D eigenvalue weighted by Gasteiger charge is 2.12. The summed E-state index contributed by atoms with van der Waals surface area (Å²) in [6.07, 6.45) is 1.99. The molecule has 0 spiro atoms. The Hall–Kier alpha value is -1.59. The molecule has 0 amide bonds. The molecule has 4 nitrogen and oxygen atoms in total. The summed E-state index contributed by atoms with van der Waals surface area (Å²) in [7, 11) is 0. The quantitative estimate of drug-likeness (QED) is 0.430. The van der Waals surface area contributed by atoms with E-state index in [1.807, 2.05) is 24.3 Å². The zero-order valence-electron chi connectivity index (χ0n) is 13.3. The van der Waals surface area contributed by atoms with Crippen molar-refractivity contribution in [2.75, 3.05) is 13.2 Å². The summed E-state index contributed by atoms with van der Waals surface area (Å²) in [6, 6.07) is 10.8. The van der Waals surface area contributed by atoms with Crippen molar-refractivity contribution in [2.24, 2.45) is 0 Å². The van der Waals surface area contributed by atoms with Gasteiger partial charge in [0.2, 0.25) is 0 Å². The SMILES string of the molecule is ClC(Cl)=CCOc1cc(Cl)c(OCCc2nc3ccccc3o2)c(Cl)c1. The fourth-order valence-electron chi connectivity index (χ4n) is 2.23. The number of nitrogens with zero attached hydrogens (tertiary/aromatic N) is 1. The first-order valence-corrected chi connectivity index (χ1v) is 9.14. The number of ether oxygens (including phenoxy) is 2. The maximum atomic E-state index is 6.23. The molecule has 1 heterocycles. The Morgan fingerprint density at radius 1 is 1.08 bits per heavy atom. The molecule has 3 rings (SSSR count). The highest BCUT2D eigenvalue weighted by atomic mass is 35.5. The Labute approximate surface area is 170 Å². The van der Waals surface area contributed by atoms with Gasteiger partial charge in [-0.1, -0.05) is 58.5 Å². The lowest BCUT2D eigenvalue weighted by molar-refractivity contribution is 0.307. The average molecular weight is 433 g/mol. The maximum Gasteiger partial charge on any atom is 0.198 e. The van der Waals surface area contributed by atoms with E-state index in [1.165, 1.54) is 6.08 Å². The van der Waals surface area contributed by atoms with Crippen LogP contribution >= 0.6 is 46.4 Å². The monoisotopic (exact) mass is 431 g/mol. The molecule has 0 atom stereocenters. The van der Waals surface area contributed by atoms with Crippen LogP contribution in [0.2, 0.25) is 10.0 Å². The second kappa shape index (κ2) is 8.87. The van der Waals surface area contributed by atoms with Gasteiger partial charge in [-0.05, 0) is 18.2 Å². The molecule has 0 N–H and O–H groups in total. The zero-order valence-corrected chi connectivity index (χ0v) is 16.4. The van der Waals surface area contributed by atoms with Crippen LogP contribution in [0.15, 0.2) is 51.4 Å². The summed E-state index contributed by atoms with van der Waals surface area (Å²) in [4.78, 5) is 4.39. The van der Waals surface area contributed by atoms with Gasteiger partial charge < -0.3 is 13.9 Å². The smallest absolute Gasteiger partial charge is 0.198 e. The van der Waals surface area contributed by atoms with Gasteiger partial charge in [-0.2, -0.15) is 0 Å². The number of aromatic nitrogens is 1. The van der Waals surface area contributed by atoms with E-state index in [9.17, 15) is 0 Å². The third kappa shape index (κ3) is 4.98. The Balaban J connectivity index is 1.61. The van der Waals surface area contributed by atoms with E-state index in [1.54, 1.807) is 12.1 Å². The lowest BCUT2D eigenvalue weighted by atomic mass is 10.3. The van der Waals surface area contributed by atoms with Crippen molar-refractivity contribution in [3.05, 3.63) is 62.9 Å². The number of para-hydroxylation sites is 2. The number of fused-ring (bicyclic) bond motifs is 1. The van der Waals surface area contributed by atoms with Gasteiger partial charge in [-0.15, -0.1) is 0 Å². The van der Waals surface area contributed by atoms with Crippen LogP contribution in [0.1, 0.15) is 5.89 Å². The molecule has 0 unspecified atom stereocenters. The third-order valence-corrected chi connectivity index (χ3v) is 4.23. The van der Waals surface area contributed by atoms with E-state index in [4.69, 9.17) is 60.3 Å². The molecule has 0 aliphatic heterocycles. The summed E-state index contributed by atoms with van der Waals surface area (Å²) in [5.74, 6) is 1.45. The van der Waals surface area contributed by atoms with Crippen LogP contribution in [0.25, 0.3) is 11.1 Å². The van der Waals surface area contributed by atoms with Gasteiger partial charge in [0.05, 0.1) is 23.1 Å². The van der Waals surface area contributed by atoms with Crippen molar-refractivity contribution in [3.8, 4) is 11.5 Å². The second-order valence-corrected chi connectivity index (χ2v) is 7.02. The number of hydrogen-bond acceptors (Lipinski definition) is 4. The first kappa shape index (κ1) is 19.2. The molecule has 0 bridgehead atoms. The highest BCUT2D eigenvalue weighted by molar-refractivity contribution is 6.55. The fraction of sp³-hybridized carbons (Fsp3) is 0.167. The molecule has 2 aromatic carbocycles. The first-order chi connectivity index (χ1) is 12.5. The maximum absolute atomic E-state index is 6.23. The molecule has 0 aliphatic rings. The molecule has 136 valence electrons. The van der Waals surface area contributed by atoms with Gasteiger partial charge in [-0.25, -0.2) is 4.98 Å². The van der Waals surface area contributed by atoms with E-state index in [2.05, 4.69) is 4.98 Å². The van der Waals surface area contributed by atoms with E-state index < -0.39 is 0 Å². The molecule has 3 aromatic rings. The van der Waals surface area contributed by atoms with Crippen molar-refractivity contribution in [1.82, 2.24) is 4.98 Å². The minimum absolute atomic E-state index is 0.126. The van der Waals surface area contributed by atoms with Gasteiger partial charge in [0.25, 0.3) is 0 Å². The molecule has 1 aromatic heterocycles. The summed E-state index contributed by atoms with van der Waals surface area (Å²) in [5.41, 5.74) is 1.55. The second-order valence-electron chi connectivity index (χ2n) is 5.19. The van der Waals surface area contributed by atoms with E-state index in [0.29, 0.717) is 40.5 Å². The molecule has 0 radical (unpaired) electrons. The lowest BCUT2D eigenvalue weighted by Crippen LogP contribution is -2.03. The normalized spacial score (nSPS) is 10.8. The number of hydrogen-bond donors (Lipinski definition) is 0. The summed E-state index contributed by atoms with van der Waals surface area (Å²) >= 11 is 23.5. The number of halogens is 4. The number of oxazole rings is 1. The van der Waals surface area contributed by atoms with Crippen LogP contribution in [0.4, 0.5) is 0 Å². The fourth-order valence-corrected chi connectivity index (χ4v) is 2.93.